The highest BCUT2D eigenvalue weighted by Gasteiger charge is 2.11. The molecule has 0 aliphatic rings. The third kappa shape index (κ3) is 3.86. The van der Waals surface area contributed by atoms with Crippen LogP contribution in [0.5, 0.6) is 5.75 Å². The Hall–Kier alpha value is -1.78. The lowest BCUT2D eigenvalue weighted by atomic mass is 10.1. The number of thiocarbonyl (C=S) groups is 1. The van der Waals surface area contributed by atoms with Gasteiger partial charge in [-0.1, -0.05) is 36.0 Å². The van der Waals surface area contributed by atoms with E-state index in [0.29, 0.717) is 4.99 Å². The van der Waals surface area contributed by atoms with E-state index in [1.54, 1.807) is 7.11 Å². The monoisotopic (exact) mass is 320 g/mol. The quantitative estimate of drug-likeness (QED) is 0.812. The first-order valence-electron chi connectivity index (χ1n) is 6.51. The standard InChI is InChI=1S/C16H17ClN2OS/c1-10(11-3-5-12(17)6-4-11)19-15-9-13(20-2)7-8-14(15)16(18)21/h3-10,19H,1-2H3,(H2,18,21). The number of methoxy groups -OCH3 is 1. The summed E-state index contributed by atoms with van der Waals surface area (Å²) in [5.74, 6) is 0.751. The van der Waals surface area contributed by atoms with Gasteiger partial charge in [0.15, 0.2) is 0 Å². The average molecular weight is 321 g/mol. The number of rotatable bonds is 5. The molecule has 0 heterocycles. The van der Waals surface area contributed by atoms with Gasteiger partial charge in [-0.15, -0.1) is 0 Å². The fourth-order valence-electron chi connectivity index (χ4n) is 2.05. The van der Waals surface area contributed by atoms with Crippen molar-refractivity contribution in [1.82, 2.24) is 0 Å². The first-order valence-corrected chi connectivity index (χ1v) is 7.29. The van der Waals surface area contributed by atoms with Crippen LogP contribution in [0.2, 0.25) is 5.02 Å². The van der Waals surface area contributed by atoms with Gasteiger partial charge in [-0.05, 0) is 36.8 Å². The Morgan fingerprint density at radius 1 is 1.24 bits per heavy atom. The Morgan fingerprint density at radius 2 is 1.90 bits per heavy atom. The third-order valence-corrected chi connectivity index (χ3v) is 3.71. The molecule has 0 fully saturated rings. The maximum Gasteiger partial charge on any atom is 0.120 e. The smallest absolute Gasteiger partial charge is 0.120 e. The van der Waals surface area contributed by atoms with Gasteiger partial charge in [-0.25, -0.2) is 0 Å². The van der Waals surface area contributed by atoms with Crippen LogP contribution in [0.4, 0.5) is 5.69 Å². The predicted octanol–water partition coefficient (Wildman–Crippen LogP) is 4.16. The molecule has 0 saturated carbocycles. The molecular weight excluding hydrogens is 304 g/mol. The van der Waals surface area contributed by atoms with Crippen molar-refractivity contribution < 1.29 is 4.74 Å². The van der Waals surface area contributed by atoms with Crippen molar-refractivity contribution in [2.45, 2.75) is 13.0 Å². The maximum atomic E-state index is 5.91. The summed E-state index contributed by atoms with van der Waals surface area (Å²) in [5, 5.41) is 4.13. The molecular formula is C16H17ClN2OS. The highest BCUT2D eigenvalue weighted by atomic mass is 35.5. The van der Waals surface area contributed by atoms with Crippen LogP contribution in [-0.4, -0.2) is 12.1 Å². The van der Waals surface area contributed by atoms with Gasteiger partial charge in [0.2, 0.25) is 0 Å². The maximum absolute atomic E-state index is 5.91. The Bertz CT molecular complexity index is 643. The highest BCUT2D eigenvalue weighted by Crippen LogP contribution is 2.27. The van der Waals surface area contributed by atoms with Crippen LogP contribution in [0.25, 0.3) is 0 Å². The molecule has 0 saturated heterocycles. The van der Waals surface area contributed by atoms with Gasteiger partial charge < -0.3 is 15.8 Å². The molecule has 2 rings (SSSR count). The van der Waals surface area contributed by atoms with Crippen LogP contribution in [0, 0.1) is 0 Å². The molecule has 21 heavy (non-hydrogen) atoms. The second-order valence-electron chi connectivity index (χ2n) is 4.69. The van der Waals surface area contributed by atoms with Crippen molar-refractivity contribution in [1.29, 1.82) is 0 Å². The average Bonchev–Trinajstić information content (AvgIpc) is 2.47. The van der Waals surface area contributed by atoms with E-state index in [1.807, 2.05) is 42.5 Å². The molecule has 0 radical (unpaired) electrons. The molecule has 0 bridgehead atoms. The van der Waals surface area contributed by atoms with E-state index in [2.05, 4.69) is 12.2 Å². The lowest BCUT2D eigenvalue weighted by Crippen LogP contribution is -2.15. The van der Waals surface area contributed by atoms with Crippen molar-refractivity contribution >= 4 is 34.5 Å². The Balaban J connectivity index is 2.28. The minimum atomic E-state index is 0.0856. The van der Waals surface area contributed by atoms with Crippen molar-refractivity contribution in [2.75, 3.05) is 12.4 Å². The molecule has 0 aliphatic carbocycles. The largest absolute Gasteiger partial charge is 0.497 e. The molecule has 2 aromatic carbocycles. The van der Waals surface area contributed by atoms with E-state index >= 15 is 0 Å². The van der Waals surface area contributed by atoms with Crippen molar-refractivity contribution in [3.63, 3.8) is 0 Å². The van der Waals surface area contributed by atoms with Crippen LogP contribution in [-0.2, 0) is 0 Å². The van der Waals surface area contributed by atoms with Gasteiger partial charge in [-0.2, -0.15) is 0 Å². The Kier molecular flexibility index (Phi) is 5.04. The summed E-state index contributed by atoms with van der Waals surface area (Å²) >= 11 is 11.0. The molecule has 1 unspecified atom stereocenters. The van der Waals surface area contributed by atoms with Crippen molar-refractivity contribution in [3.8, 4) is 5.75 Å². The molecule has 110 valence electrons. The van der Waals surface area contributed by atoms with E-state index in [9.17, 15) is 0 Å². The van der Waals surface area contributed by atoms with Gasteiger partial charge in [-0.3, -0.25) is 0 Å². The van der Waals surface area contributed by atoms with Crippen LogP contribution in [0.3, 0.4) is 0 Å². The minimum absolute atomic E-state index is 0.0856. The van der Waals surface area contributed by atoms with Gasteiger partial charge in [0.25, 0.3) is 0 Å². The first-order chi connectivity index (χ1) is 10.0. The minimum Gasteiger partial charge on any atom is -0.497 e. The summed E-state index contributed by atoms with van der Waals surface area (Å²) in [6, 6.07) is 13.4. The Labute approximate surface area is 135 Å². The van der Waals surface area contributed by atoms with Crippen LogP contribution < -0.4 is 15.8 Å². The number of benzene rings is 2. The summed E-state index contributed by atoms with van der Waals surface area (Å²) < 4.78 is 5.25. The van der Waals surface area contributed by atoms with E-state index in [1.165, 1.54) is 0 Å². The SMILES string of the molecule is COc1ccc(C(N)=S)c(NC(C)c2ccc(Cl)cc2)c1. The van der Waals surface area contributed by atoms with Gasteiger partial charge >= 0.3 is 0 Å². The van der Waals surface area contributed by atoms with Gasteiger partial charge in [0.05, 0.1) is 7.11 Å². The summed E-state index contributed by atoms with van der Waals surface area (Å²) in [4.78, 5) is 0.350. The first kappa shape index (κ1) is 15.6. The van der Waals surface area contributed by atoms with Gasteiger partial charge in [0, 0.05) is 28.4 Å². The van der Waals surface area contributed by atoms with Crippen molar-refractivity contribution in [2.24, 2.45) is 5.73 Å². The Morgan fingerprint density at radius 3 is 2.48 bits per heavy atom. The third-order valence-electron chi connectivity index (χ3n) is 3.23. The zero-order valence-corrected chi connectivity index (χ0v) is 13.5. The number of halogens is 1. The fourth-order valence-corrected chi connectivity index (χ4v) is 2.36. The van der Waals surface area contributed by atoms with Crippen molar-refractivity contribution in [3.05, 3.63) is 58.6 Å². The zero-order valence-electron chi connectivity index (χ0n) is 11.9. The molecule has 0 aromatic heterocycles. The topological polar surface area (TPSA) is 47.3 Å². The molecule has 0 spiro atoms. The molecule has 5 heteroatoms. The molecule has 2 aromatic rings. The lowest BCUT2D eigenvalue weighted by Gasteiger charge is -2.19. The highest BCUT2D eigenvalue weighted by molar-refractivity contribution is 7.80. The summed E-state index contributed by atoms with van der Waals surface area (Å²) in [6.45, 7) is 2.06. The molecule has 0 amide bonds. The molecule has 1 atom stereocenters. The number of hydrogen-bond donors (Lipinski definition) is 2. The lowest BCUT2D eigenvalue weighted by molar-refractivity contribution is 0.415. The number of nitrogens with one attached hydrogen (secondary N) is 1. The number of ether oxygens (including phenoxy) is 1. The summed E-state index contributed by atoms with van der Waals surface area (Å²) in [7, 11) is 1.63. The van der Waals surface area contributed by atoms with Crippen LogP contribution >= 0.6 is 23.8 Å². The van der Waals surface area contributed by atoms with Crippen LogP contribution in [0.15, 0.2) is 42.5 Å². The van der Waals surface area contributed by atoms with E-state index < -0.39 is 0 Å². The second-order valence-corrected chi connectivity index (χ2v) is 5.57. The van der Waals surface area contributed by atoms with E-state index in [0.717, 1.165) is 27.6 Å². The summed E-state index contributed by atoms with van der Waals surface area (Å²) in [6.07, 6.45) is 0. The number of hydrogen-bond acceptors (Lipinski definition) is 3. The van der Waals surface area contributed by atoms with E-state index in [-0.39, 0.29) is 6.04 Å². The number of nitrogens with two attached hydrogens (primary N) is 1. The van der Waals surface area contributed by atoms with E-state index in [4.69, 9.17) is 34.3 Å². The summed E-state index contributed by atoms with van der Waals surface area (Å²) in [5.41, 5.74) is 8.54. The fraction of sp³-hybridized carbons (Fsp3) is 0.188. The molecule has 3 nitrogen and oxygen atoms in total. The second kappa shape index (κ2) is 6.78. The molecule has 3 N–H and O–H groups in total. The van der Waals surface area contributed by atoms with Crippen LogP contribution in [0.1, 0.15) is 24.1 Å². The zero-order chi connectivity index (χ0) is 15.4. The number of anilines is 1. The molecule has 0 aliphatic heterocycles. The predicted molar refractivity (Wildman–Crippen MR) is 92.4 cm³/mol. The van der Waals surface area contributed by atoms with Gasteiger partial charge in [0.1, 0.15) is 10.7 Å². The normalized spacial score (nSPS) is 11.8.